The number of benzene rings is 6. The van der Waals surface area contributed by atoms with E-state index in [9.17, 15) is 29.8 Å². The highest BCUT2D eigenvalue weighted by Crippen LogP contribution is 2.35. The van der Waals surface area contributed by atoms with Crippen molar-refractivity contribution in [1.82, 2.24) is 0 Å². The third-order valence-electron chi connectivity index (χ3n) is 7.56. The lowest BCUT2D eigenvalue weighted by molar-refractivity contribution is 0.314. The van der Waals surface area contributed by atoms with Crippen molar-refractivity contribution in [3.8, 4) is 17.2 Å². The number of hydrogen-bond donors (Lipinski definition) is 1. The van der Waals surface area contributed by atoms with E-state index in [1.807, 2.05) is 6.92 Å². The Bertz CT molecular complexity index is 2720. The van der Waals surface area contributed by atoms with Gasteiger partial charge in [0.2, 0.25) is 0 Å². The molecule has 0 bridgehead atoms. The second kappa shape index (κ2) is 14.9. The van der Waals surface area contributed by atoms with E-state index < -0.39 is 35.2 Å². The number of fused-ring (bicyclic) bond motifs is 1. The summed E-state index contributed by atoms with van der Waals surface area (Å²) in [6.07, 6.45) is 0. The SMILES string of the molecule is Cc1ccc(S(=O)(=O)Oc2ccc(N=Nc3ccc(S(=O)(=O)ON=Nc4ccc(Oc5ccccc5C)c(S(=O)(=O)O)c4)c4ccccc34)cc2)cc1. The van der Waals surface area contributed by atoms with Crippen molar-refractivity contribution in [1.29, 1.82) is 0 Å². The van der Waals surface area contributed by atoms with Crippen molar-refractivity contribution < 1.29 is 43.0 Å². The molecule has 270 valence electrons. The Morgan fingerprint density at radius 1 is 0.566 bits per heavy atom. The predicted molar refractivity (Wildman–Crippen MR) is 194 cm³/mol. The van der Waals surface area contributed by atoms with Crippen LogP contribution < -0.4 is 8.92 Å². The zero-order valence-corrected chi connectivity index (χ0v) is 30.2. The first kappa shape index (κ1) is 36.8. The fourth-order valence-corrected chi connectivity index (χ4v) is 7.35. The molecule has 6 aromatic rings. The largest absolute Gasteiger partial charge is 0.456 e. The lowest BCUT2D eigenvalue weighted by atomic mass is 10.1. The van der Waals surface area contributed by atoms with Crippen LogP contribution in [0.2, 0.25) is 0 Å². The Kier molecular flexibility index (Phi) is 10.4. The lowest BCUT2D eigenvalue weighted by Crippen LogP contribution is -2.09. The van der Waals surface area contributed by atoms with Gasteiger partial charge in [-0.05, 0) is 92.2 Å². The molecule has 0 saturated heterocycles. The van der Waals surface area contributed by atoms with Gasteiger partial charge in [-0.3, -0.25) is 4.55 Å². The van der Waals surface area contributed by atoms with Crippen LogP contribution in [0.25, 0.3) is 10.8 Å². The molecule has 14 nitrogen and oxygen atoms in total. The van der Waals surface area contributed by atoms with E-state index in [1.54, 1.807) is 61.5 Å². The van der Waals surface area contributed by atoms with Crippen LogP contribution in [0, 0.1) is 13.8 Å². The normalized spacial score (nSPS) is 12.4. The van der Waals surface area contributed by atoms with Crippen molar-refractivity contribution >= 4 is 58.2 Å². The van der Waals surface area contributed by atoms with Crippen molar-refractivity contribution in [2.75, 3.05) is 0 Å². The summed E-state index contributed by atoms with van der Waals surface area (Å²) in [5.74, 6) is 0.243. The molecule has 0 atom stereocenters. The van der Waals surface area contributed by atoms with Gasteiger partial charge in [-0.15, -0.1) is 10.2 Å². The molecule has 0 aliphatic heterocycles. The minimum atomic E-state index is -4.79. The van der Waals surface area contributed by atoms with E-state index >= 15 is 0 Å². The summed E-state index contributed by atoms with van der Waals surface area (Å²) in [7, 11) is -13.4. The van der Waals surface area contributed by atoms with E-state index in [0.29, 0.717) is 28.1 Å². The van der Waals surface area contributed by atoms with Gasteiger partial charge in [0, 0.05) is 16.1 Å². The number of rotatable bonds is 12. The van der Waals surface area contributed by atoms with Crippen LogP contribution in [0.5, 0.6) is 17.2 Å². The summed E-state index contributed by atoms with van der Waals surface area (Å²) in [6, 6.07) is 31.6. The molecule has 53 heavy (non-hydrogen) atoms. The van der Waals surface area contributed by atoms with Gasteiger partial charge in [0.15, 0.2) is 0 Å². The monoisotopic (exact) mass is 772 g/mol. The summed E-state index contributed by atoms with van der Waals surface area (Å²) in [5, 5.41) is 16.1. The molecule has 0 amide bonds. The Morgan fingerprint density at radius 2 is 1.23 bits per heavy atom. The van der Waals surface area contributed by atoms with Crippen LogP contribution >= 0.6 is 0 Å². The average Bonchev–Trinajstić information content (AvgIpc) is 3.12. The topological polar surface area (TPSA) is 200 Å². The van der Waals surface area contributed by atoms with Gasteiger partial charge in [0.05, 0.1) is 17.1 Å². The number of ether oxygens (including phenoxy) is 1. The van der Waals surface area contributed by atoms with Crippen LogP contribution in [0.4, 0.5) is 17.1 Å². The van der Waals surface area contributed by atoms with Gasteiger partial charge in [-0.1, -0.05) is 60.2 Å². The molecule has 6 rings (SSSR count). The van der Waals surface area contributed by atoms with Gasteiger partial charge in [-0.2, -0.15) is 30.4 Å². The maximum atomic E-state index is 13.2. The molecule has 0 aliphatic rings. The molecule has 0 radical (unpaired) electrons. The fraction of sp³-hybridized carbons (Fsp3) is 0.0556. The average molecular weight is 773 g/mol. The van der Waals surface area contributed by atoms with E-state index in [2.05, 4.69) is 20.6 Å². The molecule has 1 N–H and O–H groups in total. The number of hydrogen-bond acceptors (Lipinski definition) is 13. The van der Waals surface area contributed by atoms with Crippen molar-refractivity contribution in [2.45, 2.75) is 28.5 Å². The van der Waals surface area contributed by atoms with Crippen molar-refractivity contribution in [2.24, 2.45) is 20.6 Å². The lowest BCUT2D eigenvalue weighted by Gasteiger charge is -2.11. The molecule has 0 fully saturated rings. The molecule has 6 aromatic carbocycles. The molecule has 0 saturated carbocycles. The second-order valence-corrected chi connectivity index (χ2v) is 15.8. The van der Waals surface area contributed by atoms with E-state index in [0.717, 1.165) is 11.6 Å². The highest BCUT2D eigenvalue weighted by molar-refractivity contribution is 7.87. The van der Waals surface area contributed by atoms with Gasteiger partial charge in [-0.25, -0.2) is 4.28 Å². The van der Waals surface area contributed by atoms with Crippen LogP contribution in [-0.4, -0.2) is 29.8 Å². The smallest absolute Gasteiger partial charge is 0.360 e. The first-order valence-electron chi connectivity index (χ1n) is 15.4. The maximum Gasteiger partial charge on any atom is 0.360 e. The highest BCUT2D eigenvalue weighted by atomic mass is 32.2. The van der Waals surface area contributed by atoms with Gasteiger partial charge < -0.3 is 8.92 Å². The van der Waals surface area contributed by atoms with E-state index in [4.69, 9.17) is 13.2 Å². The first-order valence-corrected chi connectivity index (χ1v) is 19.7. The Morgan fingerprint density at radius 3 is 1.92 bits per heavy atom. The maximum absolute atomic E-state index is 13.2. The molecule has 0 unspecified atom stereocenters. The molecule has 0 aliphatic carbocycles. The Balaban J connectivity index is 1.18. The summed E-state index contributed by atoms with van der Waals surface area (Å²) < 4.78 is 102. The zero-order chi connectivity index (χ0) is 37.8. The number of para-hydroxylation sites is 1. The molecule has 0 spiro atoms. The molecule has 0 aromatic heterocycles. The quantitative estimate of drug-likeness (QED) is 0.0541. The van der Waals surface area contributed by atoms with Crippen molar-refractivity contribution in [3.05, 3.63) is 139 Å². The van der Waals surface area contributed by atoms with E-state index in [1.165, 1.54) is 66.7 Å². The second-order valence-electron chi connectivity index (χ2n) is 11.4. The third kappa shape index (κ3) is 8.73. The highest BCUT2D eigenvalue weighted by Gasteiger charge is 2.22. The minimum absolute atomic E-state index is 0.0157. The van der Waals surface area contributed by atoms with Crippen LogP contribution in [0.1, 0.15) is 11.1 Å². The standard InChI is InChI=1S/C36H28N4O10S3/c1-24-11-18-29(19-12-24)52(44,45)49-28-16-13-26(14-17-28)37-39-32-20-22-35(31-9-5-4-8-30(31)32)53(46,47)50-40-38-27-15-21-34(36(23-27)51(41,42)43)48-33-10-6-3-7-25(33)2/h3-23H,1-2H3,(H,41,42,43). The van der Waals surface area contributed by atoms with E-state index in [-0.39, 0.29) is 32.4 Å². The van der Waals surface area contributed by atoms with Crippen LogP contribution in [0.3, 0.4) is 0 Å². The Hall–Kier alpha value is -6.01. The number of nitrogens with zero attached hydrogens (tertiary/aromatic N) is 4. The summed E-state index contributed by atoms with van der Waals surface area (Å²) in [5.41, 5.74) is 2.14. The number of azo groups is 1. The van der Waals surface area contributed by atoms with Gasteiger partial charge >= 0.3 is 20.2 Å². The predicted octanol–water partition coefficient (Wildman–Crippen LogP) is 9.08. The minimum Gasteiger partial charge on any atom is -0.456 e. The summed E-state index contributed by atoms with van der Waals surface area (Å²) >= 11 is 0. The fourth-order valence-electron chi connectivity index (χ4n) is 4.90. The third-order valence-corrected chi connectivity index (χ3v) is 10.9. The zero-order valence-electron chi connectivity index (χ0n) is 27.8. The van der Waals surface area contributed by atoms with Crippen LogP contribution in [0.15, 0.2) is 163 Å². The van der Waals surface area contributed by atoms with Gasteiger partial charge in [0.25, 0.3) is 10.1 Å². The molecule has 17 heteroatoms. The molecule has 0 heterocycles. The summed E-state index contributed by atoms with van der Waals surface area (Å²) in [6.45, 7) is 3.60. The number of aryl methyl sites for hydroxylation is 2. The Labute approximate surface area is 305 Å². The molecular formula is C36H28N4O10S3. The summed E-state index contributed by atoms with van der Waals surface area (Å²) in [4.78, 5) is -0.865. The first-order chi connectivity index (χ1) is 25.2. The van der Waals surface area contributed by atoms with Crippen LogP contribution in [-0.2, 0) is 34.6 Å². The van der Waals surface area contributed by atoms with Gasteiger partial charge in [0.1, 0.15) is 31.9 Å². The van der Waals surface area contributed by atoms with Crippen molar-refractivity contribution in [3.63, 3.8) is 0 Å². The molecular weight excluding hydrogens is 745 g/mol.